The average molecular weight is 168 g/mol. The Hall–Kier alpha value is -0.380. The first-order chi connectivity index (χ1) is 4.63. The van der Waals surface area contributed by atoms with E-state index < -0.39 is 8.25 Å². The van der Waals surface area contributed by atoms with E-state index in [9.17, 15) is 4.79 Å². The molecule has 1 fully saturated rings. The minimum Gasteiger partial charge on any atom is -0.466 e. The number of ether oxygens (including phenoxy) is 1. The molecule has 60 valence electrons. The van der Waals surface area contributed by atoms with Crippen LogP contribution in [0.15, 0.2) is 0 Å². The lowest BCUT2D eigenvalue weighted by atomic mass is 10.4. The summed E-state index contributed by atoms with van der Waals surface area (Å²) >= 11 is 0. The van der Waals surface area contributed by atoms with Crippen LogP contribution in [0.3, 0.4) is 0 Å². The zero-order chi connectivity index (χ0) is 7.98. The van der Waals surface area contributed by atoms with Crippen LogP contribution in [0, 0.1) is 0 Å². The minimum absolute atomic E-state index is 0.0463. The van der Waals surface area contributed by atoms with E-state index >= 15 is 0 Å². The predicted octanol–water partition coefficient (Wildman–Crippen LogP) is -0.316. The van der Waals surface area contributed by atoms with E-state index in [2.05, 4.69) is 4.74 Å². The molecule has 0 bridgehead atoms. The molecule has 0 aromatic rings. The highest BCUT2D eigenvalue weighted by atomic mass is 31.1. The molecule has 5 nitrogen and oxygen atoms in total. The van der Waals surface area contributed by atoms with Gasteiger partial charge in [-0.05, 0) is 6.42 Å². The van der Waals surface area contributed by atoms with Gasteiger partial charge in [0.05, 0.1) is 6.61 Å². The third kappa shape index (κ3) is 7.62. The van der Waals surface area contributed by atoms with E-state index in [1.54, 1.807) is 0 Å². The Morgan fingerprint density at radius 2 is 2.00 bits per heavy atom. The van der Waals surface area contributed by atoms with E-state index in [-0.39, 0.29) is 5.97 Å². The smallest absolute Gasteiger partial charge is 0.314 e. The summed E-state index contributed by atoms with van der Waals surface area (Å²) in [7, 11) is -3.13. The molecule has 0 saturated carbocycles. The van der Waals surface area contributed by atoms with Crippen molar-refractivity contribution in [2.24, 2.45) is 0 Å². The molecule has 0 radical (unpaired) electrons. The average Bonchev–Trinajstić information content (AvgIpc) is 2.15. The van der Waals surface area contributed by atoms with E-state index in [4.69, 9.17) is 14.4 Å². The van der Waals surface area contributed by atoms with Crippen LogP contribution in [0.1, 0.15) is 12.8 Å². The molecular formula is C4H9O5P. The SMILES string of the molecule is O=C1CCCO1.O=[PH](O)O. The fourth-order valence-electron chi connectivity index (χ4n) is 0.475. The number of carbonyl (C=O) groups is 1. The van der Waals surface area contributed by atoms with Gasteiger partial charge < -0.3 is 14.5 Å². The molecular weight excluding hydrogens is 159 g/mol. The first-order valence-electron chi connectivity index (χ1n) is 2.70. The van der Waals surface area contributed by atoms with Gasteiger partial charge in [-0.3, -0.25) is 9.36 Å². The van der Waals surface area contributed by atoms with Crippen LogP contribution < -0.4 is 0 Å². The highest BCUT2D eigenvalue weighted by molar-refractivity contribution is 7.30. The molecule has 0 atom stereocenters. The number of carbonyl (C=O) groups excluding carboxylic acids is 1. The van der Waals surface area contributed by atoms with Crippen molar-refractivity contribution in [3.05, 3.63) is 0 Å². The number of cyclic esters (lactones) is 1. The Morgan fingerprint density at radius 3 is 2.10 bits per heavy atom. The van der Waals surface area contributed by atoms with Gasteiger partial charge in [0.1, 0.15) is 0 Å². The van der Waals surface area contributed by atoms with Crippen LogP contribution in [-0.4, -0.2) is 22.4 Å². The Bertz CT molecular complexity index is 122. The first kappa shape index (κ1) is 9.62. The third-order valence-corrected chi connectivity index (χ3v) is 0.788. The number of esters is 1. The van der Waals surface area contributed by atoms with E-state index in [1.165, 1.54) is 0 Å². The monoisotopic (exact) mass is 168 g/mol. The standard InChI is InChI=1S/C4H6O2.H3O3P/c5-4-2-1-3-6-4;1-4(2)3/h1-3H2;4H,(H2,1,2,3). The van der Waals surface area contributed by atoms with E-state index in [1.807, 2.05) is 0 Å². The fourth-order valence-corrected chi connectivity index (χ4v) is 0.475. The van der Waals surface area contributed by atoms with Crippen molar-refractivity contribution < 1.29 is 23.9 Å². The van der Waals surface area contributed by atoms with Crippen LogP contribution in [0.5, 0.6) is 0 Å². The van der Waals surface area contributed by atoms with Gasteiger partial charge in [0.25, 0.3) is 0 Å². The van der Waals surface area contributed by atoms with Gasteiger partial charge in [-0.25, -0.2) is 0 Å². The number of rotatable bonds is 0. The van der Waals surface area contributed by atoms with Gasteiger partial charge in [0.2, 0.25) is 0 Å². The molecule has 1 heterocycles. The zero-order valence-electron chi connectivity index (χ0n) is 5.24. The molecule has 1 rings (SSSR count). The van der Waals surface area contributed by atoms with Gasteiger partial charge in [-0.1, -0.05) is 0 Å². The summed E-state index contributed by atoms with van der Waals surface area (Å²) in [6, 6.07) is 0. The summed E-state index contributed by atoms with van der Waals surface area (Å²) in [5.74, 6) is -0.0463. The Balaban J connectivity index is 0.000000180. The quantitative estimate of drug-likeness (QED) is 0.382. The van der Waals surface area contributed by atoms with Crippen molar-refractivity contribution in [2.45, 2.75) is 12.8 Å². The minimum atomic E-state index is -3.13. The van der Waals surface area contributed by atoms with Gasteiger partial charge in [-0.2, -0.15) is 0 Å². The maximum absolute atomic E-state index is 10.0. The maximum atomic E-state index is 10.0. The molecule has 0 aromatic heterocycles. The van der Waals surface area contributed by atoms with Crippen molar-refractivity contribution in [1.29, 1.82) is 0 Å². The Labute approximate surface area is 58.6 Å². The van der Waals surface area contributed by atoms with Crippen molar-refractivity contribution in [3.8, 4) is 0 Å². The summed E-state index contributed by atoms with van der Waals surface area (Å²) in [5.41, 5.74) is 0. The van der Waals surface area contributed by atoms with E-state index in [0.29, 0.717) is 13.0 Å². The van der Waals surface area contributed by atoms with Crippen LogP contribution in [0.25, 0.3) is 0 Å². The molecule has 0 unspecified atom stereocenters. The van der Waals surface area contributed by atoms with Gasteiger partial charge in [0.15, 0.2) is 0 Å². The second-order valence-corrected chi connectivity index (χ2v) is 2.17. The Morgan fingerprint density at radius 1 is 1.50 bits per heavy atom. The highest BCUT2D eigenvalue weighted by Gasteiger charge is 2.08. The molecule has 1 saturated heterocycles. The lowest BCUT2D eigenvalue weighted by Crippen LogP contribution is -1.88. The maximum Gasteiger partial charge on any atom is 0.314 e. The van der Waals surface area contributed by atoms with Crippen LogP contribution in [-0.2, 0) is 14.1 Å². The summed E-state index contributed by atoms with van der Waals surface area (Å²) in [6.07, 6.45) is 1.54. The van der Waals surface area contributed by atoms with Gasteiger partial charge in [-0.15, -0.1) is 0 Å². The number of hydrogen-bond donors (Lipinski definition) is 2. The lowest BCUT2D eigenvalue weighted by molar-refractivity contribution is -0.137. The summed E-state index contributed by atoms with van der Waals surface area (Å²) in [5, 5.41) is 0. The lowest BCUT2D eigenvalue weighted by Gasteiger charge is -1.81. The summed E-state index contributed by atoms with van der Waals surface area (Å²) < 4.78 is 13.3. The Kier molecular flexibility index (Phi) is 5.20. The van der Waals surface area contributed by atoms with Gasteiger partial charge >= 0.3 is 14.2 Å². The molecule has 1 aliphatic heterocycles. The molecule has 2 N–H and O–H groups in total. The molecule has 6 heteroatoms. The molecule has 0 spiro atoms. The zero-order valence-corrected chi connectivity index (χ0v) is 6.24. The van der Waals surface area contributed by atoms with Crippen LogP contribution >= 0.6 is 8.25 Å². The number of hydrogen-bond acceptors (Lipinski definition) is 3. The van der Waals surface area contributed by atoms with Gasteiger partial charge in [0, 0.05) is 6.42 Å². The highest BCUT2D eigenvalue weighted by Crippen LogP contribution is 2.01. The molecule has 10 heavy (non-hydrogen) atoms. The third-order valence-electron chi connectivity index (χ3n) is 0.788. The second kappa shape index (κ2) is 5.41. The topological polar surface area (TPSA) is 83.8 Å². The van der Waals surface area contributed by atoms with Crippen molar-refractivity contribution in [2.75, 3.05) is 6.61 Å². The fraction of sp³-hybridized carbons (Fsp3) is 0.750. The molecule has 0 aliphatic carbocycles. The van der Waals surface area contributed by atoms with Crippen LogP contribution in [0.4, 0.5) is 0 Å². The van der Waals surface area contributed by atoms with Crippen molar-refractivity contribution >= 4 is 14.2 Å². The normalized spacial score (nSPS) is 16.1. The molecule has 0 amide bonds. The second-order valence-electron chi connectivity index (χ2n) is 1.61. The molecule has 1 aliphatic rings. The predicted molar refractivity (Wildman–Crippen MR) is 33.6 cm³/mol. The van der Waals surface area contributed by atoms with Crippen molar-refractivity contribution in [1.82, 2.24) is 0 Å². The largest absolute Gasteiger partial charge is 0.466 e. The summed E-state index contributed by atoms with van der Waals surface area (Å²) in [4.78, 5) is 24.3. The first-order valence-corrected chi connectivity index (χ1v) is 4.00. The molecule has 0 aromatic carbocycles. The van der Waals surface area contributed by atoms with Crippen molar-refractivity contribution in [3.63, 3.8) is 0 Å². The van der Waals surface area contributed by atoms with Crippen LogP contribution in [0.2, 0.25) is 0 Å². The summed E-state index contributed by atoms with van der Waals surface area (Å²) in [6.45, 7) is 0.638. The van der Waals surface area contributed by atoms with E-state index in [0.717, 1.165) is 6.42 Å².